The molecule has 3 aromatic rings. The van der Waals surface area contributed by atoms with E-state index in [-0.39, 0.29) is 11.4 Å². The van der Waals surface area contributed by atoms with E-state index in [1.807, 2.05) is 16.7 Å². The molecule has 1 aliphatic heterocycles. The van der Waals surface area contributed by atoms with Crippen molar-refractivity contribution in [2.45, 2.75) is 24.5 Å². The second kappa shape index (κ2) is 8.64. The van der Waals surface area contributed by atoms with Crippen LogP contribution < -0.4 is 10.2 Å². The summed E-state index contributed by atoms with van der Waals surface area (Å²) in [5.41, 5.74) is -0.0631. The largest absolute Gasteiger partial charge is 0.467 e. The van der Waals surface area contributed by atoms with Crippen LogP contribution in [-0.2, 0) is 11.3 Å². The standard InChI is InChI=1S/C19H19F2N5O2S/c20-13-5-6-16(15(21)10-13)22-17(27)12-29-19-24-23-18(25-7-1-2-8-25)26(19)11-14-4-3-9-28-14/h3-6,9-10H,1-2,7-8,11-12H2,(H,22,27). The number of carbonyl (C=O) groups is 1. The zero-order valence-corrected chi connectivity index (χ0v) is 16.3. The van der Waals surface area contributed by atoms with Gasteiger partial charge in [-0.25, -0.2) is 8.78 Å². The Labute approximate surface area is 170 Å². The molecule has 1 amide bonds. The molecule has 7 nitrogen and oxygen atoms in total. The van der Waals surface area contributed by atoms with Crippen molar-refractivity contribution < 1.29 is 18.0 Å². The summed E-state index contributed by atoms with van der Waals surface area (Å²) in [5.74, 6) is -0.435. The van der Waals surface area contributed by atoms with Crippen molar-refractivity contribution in [1.29, 1.82) is 0 Å². The summed E-state index contributed by atoms with van der Waals surface area (Å²) in [4.78, 5) is 14.4. The van der Waals surface area contributed by atoms with Crippen LogP contribution in [0.25, 0.3) is 0 Å². The lowest BCUT2D eigenvalue weighted by Crippen LogP contribution is -2.23. The van der Waals surface area contributed by atoms with Crippen molar-refractivity contribution in [2.75, 3.05) is 29.1 Å². The highest BCUT2D eigenvalue weighted by molar-refractivity contribution is 7.99. The number of nitrogens with one attached hydrogen (secondary N) is 1. The molecule has 4 rings (SSSR count). The van der Waals surface area contributed by atoms with Gasteiger partial charge in [0.25, 0.3) is 0 Å². The van der Waals surface area contributed by atoms with Gasteiger partial charge in [-0.1, -0.05) is 11.8 Å². The molecule has 0 spiro atoms. The van der Waals surface area contributed by atoms with Gasteiger partial charge < -0.3 is 14.6 Å². The number of rotatable bonds is 7. The number of halogens is 2. The van der Waals surface area contributed by atoms with Crippen molar-refractivity contribution >= 4 is 29.3 Å². The molecule has 3 heterocycles. The van der Waals surface area contributed by atoms with Crippen LogP contribution in [-0.4, -0.2) is 39.5 Å². The highest BCUT2D eigenvalue weighted by atomic mass is 32.2. The molecule has 1 N–H and O–H groups in total. The molecule has 0 aliphatic carbocycles. The van der Waals surface area contributed by atoms with Crippen LogP contribution in [0.1, 0.15) is 18.6 Å². The molecule has 0 atom stereocenters. The fourth-order valence-corrected chi connectivity index (χ4v) is 3.88. The monoisotopic (exact) mass is 419 g/mol. The lowest BCUT2D eigenvalue weighted by Gasteiger charge is -2.17. The summed E-state index contributed by atoms with van der Waals surface area (Å²) < 4.78 is 34.1. The summed E-state index contributed by atoms with van der Waals surface area (Å²) in [6, 6.07) is 6.69. The lowest BCUT2D eigenvalue weighted by molar-refractivity contribution is -0.113. The molecule has 29 heavy (non-hydrogen) atoms. The van der Waals surface area contributed by atoms with Gasteiger partial charge in [0, 0.05) is 19.2 Å². The summed E-state index contributed by atoms with van der Waals surface area (Å²) in [6.07, 6.45) is 3.80. The van der Waals surface area contributed by atoms with Crippen LogP contribution in [0.2, 0.25) is 0 Å². The van der Waals surface area contributed by atoms with Gasteiger partial charge in [0.15, 0.2) is 5.16 Å². The van der Waals surface area contributed by atoms with Gasteiger partial charge in [0.05, 0.1) is 24.2 Å². The van der Waals surface area contributed by atoms with E-state index < -0.39 is 17.5 Å². The third-order valence-electron chi connectivity index (χ3n) is 4.52. The van der Waals surface area contributed by atoms with E-state index in [0.29, 0.717) is 11.7 Å². The maximum absolute atomic E-state index is 13.7. The first-order valence-electron chi connectivity index (χ1n) is 9.18. The minimum absolute atomic E-state index is 0.00705. The van der Waals surface area contributed by atoms with E-state index in [2.05, 4.69) is 20.4 Å². The minimum atomic E-state index is -0.819. The van der Waals surface area contributed by atoms with Gasteiger partial charge in [0.1, 0.15) is 17.4 Å². The molecule has 1 saturated heterocycles. The van der Waals surface area contributed by atoms with Crippen molar-refractivity contribution in [2.24, 2.45) is 0 Å². The van der Waals surface area contributed by atoms with Crippen molar-refractivity contribution in [3.05, 3.63) is 54.0 Å². The zero-order valence-electron chi connectivity index (χ0n) is 15.5. The number of hydrogen-bond acceptors (Lipinski definition) is 6. The quantitative estimate of drug-likeness (QED) is 0.591. The van der Waals surface area contributed by atoms with E-state index in [9.17, 15) is 13.6 Å². The van der Waals surface area contributed by atoms with Gasteiger partial charge in [-0.05, 0) is 37.1 Å². The average molecular weight is 419 g/mol. The number of furan rings is 1. The van der Waals surface area contributed by atoms with Crippen molar-refractivity contribution in [3.8, 4) is 0 Å². The number of amides is 1. The molecule has 0 saturated carbocycles. The summed E-state index contributed by atoms with van der Waals surface area (Å²) in [5, 5.41) is 11.6. The topological polar surface area (TPSA) is 76.2 Å². The summed E-state index contributed by atoms with van der Waals surface area (Å²) in [7, 11) is 0. The van der Waals surface area contributed by atoms with Gasteiger partial charge in [-0.3, -0.25) is 9.36 Å². The van der Waals surface area contributed by atoms with E-state index in [1.165, 1.54) is 17.8 Å². The molecule has 1 aliphatic rings. The number of aromatic nitrogens is 3. The van der Waals surface area contributed by atoms with E-state index >= 15 is 0 Å². The Kier molecular flexibility index (Phi) is 5.79. The van der Waals surface area contributed by atoms with Crippen molar-refractivity contribution in [1.82, 2.24) is 14.8 Å². The maximum Gasteiger partial charge on any atom is 0.234 e. The van der Waals surface area contributed by atoms with Gasteiger partial charge in [0.2, 0.25) is 11.9 Å². The Morgan fingerprint density at radius 1 is 1.21 bits per heavy atom. The zero-order chi connectivity index (χ0) is 20.2. The number of thioether (sulfide) groups is 1. The fraction of sp³-hybridized carbons (Fsp3) is 0.316. The number of nitrogens with zero attached hydrogens (tertiary/aromatic N) is 4. The van der Waals surface area contributed by atoms with Crippen LogP contribution in [0.4, 0.5) is 20.4 Å². The number of benzene rings is 1. The molecule has 0 unspecified atom stereocenters. The van der Waals surface area contributed by atoms with Gasteiger partial charge in [-0.15, -0.1) is 10.2 Å². The Bertz CT molecular complexity index is 987. The molecule has 1 fully saturated rings. The molecule has 0 radical (unpaired) electrons. The normalized spacial score (nSPS) is 13.8. The second-order valence-corrected chi connectivity index (χ2v) is 7.55. The number of carbonyl (C=O) groups excluding carboxylic acids is 1. The lowest BCUT2D eigenvalue weighted by atomic mass is 10.3. The molecule has 2 aromatic heterocycles. The van der Waals surface area contributed by atoms with E-state index in [1.54, 1.807) is 6.26 Å². The Hall–Kier alpha value is -2.88. The summed E-state index contributed by atoms with van der Waals surface area (Å²) >= 11 is 1.20. The van der Waals surface area contributed by atoms with Gasteiger partial charge in [-0.2, -0.15) is 0 Å². The van der Waals surface area contributed by atoms with Crippen LogP contribution in [0.15, 0.2) is 46.2 Å². The van der Waals surface area contributed by atoms with E-state index in [0.717, 1.165) is 49.8 Å². The molecular weight excluding hydrogens is 400 g/mol. The Morgan fingerprint density at radius 2 is 2.03 bits per heavy atom. The fourth-order valence-electron chi connectivity index (χ4n) is 3.14. The third kappa shape index (κ3) is 4.58. The smallest absolute Gasteiger partial charge is 0.234 e. The van der Waals surface area contributed by atoms with Crippen molar-refractivity contribution in [3.63, 3.8) is 0 Å². The van der Waals surface area contributed by atoms with Crippen LogP contribution >= 0.6 is 11.8 Å². The Balaban J connectivity index is 1.46. The number of hydrogen-bond donors (Lipinski definition) is 1. The molecule has 0 bridgehead atoms. The van der Waals surface area contributed by atoms with Crippen LogP contribution in [0.3, 0.4) is 0 Å². The highest BCUT2D eigenvalue weighted by Crippen LogP contribution is 2.26. The molecule has 10 heteroatoms. The second-order valence-electron chi connectivity index (χ2n) is 6.60. The maximum atomic E-state index is 13.7. The van der Waals surface area contributed by atoms with Gasteiger partial charge >= 0.3 is 0 Å². The predicted octanol–water partition coefficient (Wildman–Crippen LogP) is 3.53. The SMILES string of the molecule is O=C(CSc1nnc(N2CCCC2)n1Cc1ccco1)Nc1ccc(F)cc1F. The Morgan fingerprint density at radius 3 is 2.76 bits per heavy atom. The third-order valence-corrected chi connectivity index (χ3v) is 5.48. The molecule has 1 aromatic carbocycles. The van der Waals surface area contributed by atoms with Crippen LogP contribution in [0.5, 0.6) is 0 Å². The molecule has 152 valence electrons. The average Bonchev–Trinajstić information content (AvgIpc) is 3.45. The molecular formula is C19H19F2N5O2S. The first kappa shape index (κ1) is 19.4. The first-order valence-corrected chi connectivity index (χ1v) is 10.2. The first-order chi connectivity index (χ1) is 14.1. The predicted molar refractivity (Wildman–Crippen MR) is 105 cm³/mol. The van der Waals surface area contributed by atoms with Crippen LogP contribution in [0, 0.1) is 11.6 Å². The minimum Gasteiger partial charge on any atom is -0.467 e. The summed E-state index contributed by atoms with van der Waals surface area (Å²) in [6.45, 7) is 2.26. The van der Waals surface area contributed by atoms with E-state index in [4.69, 9.17) is 4.42 Å². The number of anilines is 2. The highest BCUT2D eigenvalue weighted by Gasteiger charge is 2.22.